The molecule has 104 valence electrons. The van der Waals surface area contributed by atoms with Crippen molar-refractivity contribution in [1.82, 2.24) is 14.9 Å². The Balaban J connectivity index is 2.00. The zero-order valence-corrected chi connectivity index (χ0v) is 12.2. The summed E-state index contributed by atoms with van der Waals surface area (Å²) in [7, 11) is 0. The number of nitrogens with one attached hydrogen (secondary N) is 1. The molecule has 2 aliphatic rings. The maximum Gasteiger partial charge on any atom is 0.135 e. The van der Waals surface area contributed by atoms with Crippen LogP contribution in [0.2, 0.25) is 0 Å². The van der Waals surface area contributed by atoms with Crippen LogP contribution in [0.25, 0.3) is 5.57 Å². The Labute approximate surface area is 120 Å². The van der Waals surface area contributed by atoms with E-state index in [1.807, 2.05) is 6.20 Å². The van der Waals surface area contributed by atoms with E-state index >= 15 is 0 Å². The van der Waals surface area contributed by atoms with E-state index < -0.39 is 0 Å². The quantitative estimate of drug-likeness (QED) is 0.880. The number of aromatic nitrogens is 2. The first-order chi connectivity index (χ1) is 9.69. The molecule has 0 fully saturated rings. The Morgan fingerprint density at radius 3 is 2.90 bits per heavy atom. The second kappa shape index (κ2) is 5.16. The van der Waals surface area contributed by atoms with E-state index in [9.17, 15) is 0 Å². The summed E-state index contributed by atoms with van der Waals surface area (Å²) in [5.41, 5.74) is 6.10. The molecule has 0 saturated heterocycles. The van der Waals surface area contributed by atoms with Gasteiger partial charge in [0.05, 0.1) is 11.4 Å². The fourth-order valence-corrected chi connectivity index (χ4v) is 2.85. The van der Waals surface area contributed by atoms with Gasteiger partial charge in [-0.15, -0.1) is 0 Å². The smallest absolute Gasteiger partial charge is 0.135 e. The molecule has 2 heterocycles. The number of hydrogen-bond donors (Lipinski definition) is 1. The Hall–Kier alpha value is -2.03. The molecule has 1 N–H and O–H groups in total. The molecule has 0 atom stereocenters. The Kier molecular flexibility index (Phi) is 3.35. The average molecular weight is 267 g/mol. The lowest BCUT2D eigenvalue weighted by Gasteiger charge is -2.22. The van der Waals surface area contributed by atoms with E-state index in [2.05, 4.69) is 48.7 Å². The third kappa shape index (κ3) is 2.24. The number of nitrogens with zero attached hydrogens (tertiary/aromatic N) is 2. The molecule has 1 aliphatic carbocycles. The Bertz CT molecular complexity index is 605. The summed E-state index contributed by atoms with van der Waals surface area (Å²) < 4.78 is 0. The first-order valence-corrected chi connectivity index (χ1v) is 7.25. The van der Waals surface area contributed by atoms with Crippen molar-refractivity contribution < 1.29 is 0 Å². The van der Waals surface area contributed by atoms with Crippen molar-refractivity contribution in [2.45, 2.75) is 39.5 Å². The van der Waals surface area contributed by atoms with Crippen LogP contribution in [0.15, 0.2) is 42.4 Å². The highest BCUT2D eigenvalue weighted by Crippen LogP contribution is 2.27. The Morgan fingerprint density at radius 2 is 2.15 bits per heavy atom. The van der Waals surface area contributed by atoms with Crippen LogP contribution in [-0.4, -0.2) is 14.9 Å². The highest BCUT2D eigenvalue weighted by atomic mass is 15.1. The van der Waals surface area contributed by atoms with Crippen LogP contribution in [0.4, 0.5) is 0 Å². The molecule has 0 radical (unpaired) electrons. The van der Waals surface area contributed by atoms with Gasteiger partial charge in [0, 0.05) is 23.7 Å². The van der Waals surface area contributed by atoms with Crippen LogP contribution in [-0.2, 0) is 12.8 Å². The number of H-pyrrole nitrogens is 1. The van der Waals surface area contributed by atoms with E-state index in [-0.39, 0.29) is 0 Å². The minimum absolute atomic E-state index is 0.997. The van der Waals surface area contributed by atoms with Crippen LogP contribution >= 0.6 is 0 Å². The molecule has 0 spiro atoms. The van der Waals surface area contributed by atoms with Gasteiger partial charge in [-0.05, 0) is 51.2 Å². The van der Waals surface area contributed by atoms with Gasteiger partial charge in [-0.3, -0.25) is 0 Å². The topological polar surface area (TPSA) is 31.9 Å². The summed E-state index contributed by atoms with van der Waals surface area (Å²) >= 11 is 0. The molecule has 3 rings (SSSR count). The molecular formula is C17H21N3. The third-order valence-corrected chi connectivity index (χ3v) is 4.02. The zero-order valence-electron chi connectivity index (χ0n) is 12.2. The summed E-state index contributed by atoms with van der Waals surface area (Å²) in [4.78, 5) is 10.3. The van der Waals surface area contributed by atoms with Crippen LogP contribution in [0, 0.1) is 0 Å². The van der Waals surface area contributed by atoms with Gasteiger partial charge in [-0.1, -0.05) is 12.7 Å². The average Bonchev–Trinajstić information content (AvgIpc) is 2.90. The van der Waals surface area contributed by atoms with Gasteiger partial charge < -0.3 is 9.88 Å². The van der Waals surface area contributed by atoms with Crippen molar-refractivity contribution >= 4 is 5.57 Å². The summed E-state index contributed by atoms with van der Waals surface area (Å²) in [5, 5.41) is 0. The molecule has 0 amide bonds. The monoisotopic (exact) mass is 267 g/mol. The highest BCUT2D eigenvalue weighted by molar-refractivity contribution is 5.66. The maximum absolute atomic E-state index is 4.78. The van der Waals surface area contributed by atoms with E-state index in [1.54, 1.807) is 0 Å². The van der Waals surface area contributed by atoms with E-state index in [0.717, 1.165) is 24.4 Å². The molecule has 3 heteroatoms. The number of allylic oxidation sites excluding steroid dienone is 4. The standard InChI is InChI=1S/C17H21N3/c1-4-20-11-12(2)9-10-16(20)13(3)17-18-14-7-5-6-8-15(14)19-17/h4,9-11H,1,5-8H2,2-3H3,(H,18,19)/b16-13+. The van der Waals surface area contributed by atoms with Gasteiger partial charge in [-0.25, -0.2) is 4.98 Å². The van der Waals surface area contributed by atoms with Crippen molar-refractivity contribution in [1.29, 1.82) is 0 Å². The minimum Gasteiger partial charge on any atom is -0.342 e. The van der Waals surface area contributed by atoms with Crippen molar-refractivity contribution in [2.75, 3.05) is 0 Å². The fourth-order valence-electron chi connectivity index (χ4n) is 2.85. The summed E-state index contributed by atoms with van der Waals surface area (Å²) in [5.74, 6) is 0.997. The van der Waals surface area contributed by atoms with Gasteiger partial charge in [-0.2, -0.15) is 0 Å². The molecule has 0 bridgehead atoms. The number of fused-ring (bicyclic) bond motifs is 1. The molecular weight excluding hydrogens is 246 g/mol. The maximum atomic E-state index is 4.78. The molecule has 0 aromatic carbocycles. The summed E-state index contributed by atoms with van der Waals surface area (Å²) in [6, 6.07) is 0. The second-order valence-corrected chi connectivity index (χ2v) is 5.52. The first kappa shape index (κ1) is 13.0. The predicted octanol–water partition coefficient (Wildman–Crippen LogP) is 3.94. The lowest BCUT2D eigenvalue weighted by Crippen LogP contribution is -2.12. The second-order valence-electron chi connectivity index (χ2n) is 5.52. The first-order valence-electron chi connectivity index (χ1n) is 7.25. The number of imidazole rings is 1. The van der Waals surface area contributed by atoms with Crippen molar-refractivity contribution in [3.8, 4) is 0 Å². The molecule has 3 nitrogen and oxygen atoms in total. The van der Waals surface area contributed by atoms with E-state index in [0.29, 0.717) is 0 Å². The normalized spacial score (nSPS) is 20.5. The van der Waals surface area contributed by atoms with Crippen molar-refractivity contribution in [3.63, 3.8) is 0 Å². The number of aryl methyl sites for hydroxylation is 2. The lowest BCUT2D eigenvalue weighted by atomic mass is 10.0. The third-order valence-electron chi connectivity index (χ3n) is 4.02. The molecule has 0 saturated carbocycles. The van der Waals surface area contributed by atoms with Gasteiger partial charge >= 0.3 is 0 Å². The van der Waals surface area contributed by atoms with Gasteiger partial charge in [0.2, 0.25) is 0 Å². The number of hydrogen-bond acceptors (Lipinski definition) is 2. The molecule has 20 heavy (non-hydrogen) atoms. The fraction of sp³-hybridized carbons (Fsp3) is 0.353. The van der Waals surface area contributed by atoms with Crippen molar-refractivity contribution in [3.05, 3.63) is 59.6 Å². The van der Waals surface area contributed by atoms with Crippen LogP contribution in [0.1, 0.15) is 43.9 Å². The minimum atomic E-state index is 0.997. The van der Waals surface area contributed by atoms with Crippen molar-refractivity contribution in [2.24, 2.45) is 0 Å². The van der Waals surface area contributed by atoms with Gasteiger partial charge in [0.25, 0.3) is 0 Å². The van der Waals surface area contributed by atoms with E-state index in [1.165, 1.54) is 35.4 Å². The SMILES string of the molecule is C=CN1C=C(C)C=C/C1=C(/C)c1nc2c([nH]1)CCCC2. The number of aromatic amines is 1. The Morgan fingerprint density at radius 1 is 1.35 bits per heavy atom. The van der Waals surface area contributed by atoms with E-state index in [4.69, 9.17) is 4.98 Å². The van der Waals surface area contributed by atoms with Crippen LogP contribution in [0.3, 0.4) is 0 Å². The van der Waals surface area contributed by atoms with Gasteiger partial charge in [0.15, 0.2) is 0 Å². The lowest BCUT2D eigenvalue weighted by molar-refractivity contribution is 0.642. The zero-order chi connectivity index (χ0) is 14.1. The summed E-state index contributed by atoms with van der Waals surface area (Å²) in [6.45, 7) is 8.10. The summed E-state index contributed by atoms with van der Waals surface area (Å²) in [6.07, 6.45) is 13.0. The molecule has 1 aromatic rings. The molecule has 1 aliphatic heterocycles. The molecule has 0 unspecified atom stereocenters. The van der Waals surface area contributed by atoms with Crippen LogP contribution < -0.4 is 0 Å². The van der Waals surface area contributed by atoms with Crippen LogP contribution in [0.5, 0.6) is 0 Å². The van der Waals surface area contributed by atoms with Gasteiger partial charge in [0.1, 0.15) is 5.82 Å². The largest absolute Gasteiger partial charge is 0.342 e. The predicted molar refractivity (Wildman–Crippen MR) is 82.8 cm³/mol. The highest BCUT2D eigenvalue weighted by Gasteiger charge is 2.18. The molecule has 1 aromatic heterocycles. The number of rotatable bonds is 2.